The maximum absolute atomic E-state index is 11.6. The topological polar surface area (TPSA) is 49.8 Å². The van der Waals surface area contributed by atoms with Gasteiger partial charge in [0.25, 0.3) is 0 Å². The molecule has 0 radical (unpaired) electrons. The molecule has 2 heterocycles. The number of aliphatic hydroxyl groups is 1. The van der Waals surface area contributed by atoms with Gasteiger partial charge in [-0.05, 0) is 25.8 Å². The zero-order valence-corrected chi connectivity index (χ0v) is 10.3. The van der Waals surface area contributed by atoms with E-state index in [4.69, 9.17) is 4.74 Å². The van der Waals surface area contributed by atoms with Gasteiger partial charge in [-0.2, -0.15) is 0 Å². The van der Waals surface area contributed by atoms with Crippen molar-refractivity contribution >= 4 is 5.97 Å². The van der Waals surface area contributed by atoms with E-state index in [-0.39, 0.29) is 24.7 Å². The van der Waals surface area contributed by atoms with Gasteiger partial charge in [0.15, 0.2) is 0 Å². The predicted molar refractivity (Wildman–Crippen MR) is 64.5 cm³/mol. The van der Waals surface area contributed by atoms with Gasteiger partial charge in [-0.25, -0.2) is 4.79 Å². The van der Waals surface area contributed by atoms with Crippen molar-refractivity contribution in [2.24, 2.45) is 0 Å². The fourth-order valence-electron chi connectivity index (χ4n) is 2.56. The number of nitrogens with zero attached hydrogens (tertiary/aromatic N) is 1. The predicted octanol–water partition coefficient (Wildman–Crippen LogP) is 0.871. The Hall–Kier alpha value is -1.13. The van der Waals surface area contributed by atoms with Crippen molar-refractivity contribution in [3.05, 3.63) is 23.3 Å². The maximum Gasteiger partial charge on any atom is 0.331 e. The van der Waals surface area contributed by atoms with Gasteiger partial charge in [0.05, 0.1) is 12.6 Å². The van der Waals surface area contributed by atoms with Crippen LogP contribution in [0.25, 0.3) is 0 Å². The Morgan fingerprint density at radius 2 is 2.41 bits per heavy atom. The first kappa shape index (κ1) is 12.3. The van der Waals surface area contributed by atoms with E-state index in [9.17, 15) is 9.90 Å². The number of ether oxygens (including phenoxy) is 1. The minimum atomic E-state index is -0.277. The standard InChI is InChI=1S/C13H19NO3/c1-9(2)7-12(16)17-11-4-6-14-5-3-10(8-15)13(11)14/h3,7,11,13,15H,4-6,8H2,1-2H3/t11-,13+/m0/s1. The number of allylic oxidation sites excluding steroid dienone is 1. The largest absolute Gasteiger partial charge is 0.457 e. The van der Waals surface area contributed by atoms with Crippen LogP contribution in [0.5, 0.6) is 0 Å². The van der Waals surface area contributed by atoms with E-state index in [2.05, 4.69) is 4.90 Å². The molecule has 94 valence electrons. The summed E-state index contributed by atoms with van der Waals surface area (Å²) in [5, 5.41) is 9.26. The first-order valence-corrected chi connectivity index (χ1v) is 6.01. The Morgan fingerprint density at radius 3 is 3.06 bits per heavy atom. The lowest BCUT2D eigenvalue weighted by atomic mass is 10.1. The van der Waals surface area contributed by atoms with Crippen molar-refractivity contribution in [2.75, 3.05) is 19.7 Å². The monoisotopic (exact) mass is 237 g/mol. The van der Waals surface area contributed by atoms with Crippen LogP contribution in [0.3, 0.4) is 0 Å². The molecular formula is C13H19NO3. The normalized spacial score (nSPS) is 27.6. The Labute approximate surface area is 102 Å². The molecule has 0 aromatic rings. The van der Waals surface area contributed by atoms with E-state index in [1.165, 1.54) is 6.08 Å². The van der Waals surface area contributed by atoms with Crippen LogP contribution in [-0.4, -0.2) is 47.8 Å². The Balaban J connectivity index is 2.01. The van der Waals surface area contributed by atoms with E-state index in [0.29, 0.717) is 0 Å². The van der Waals surface area contributed by atoms with E-state index in [1.807, 2.05) is 19.9 Å². The minimum Gasteiger partial charge on any atom is -0.457 e. The van der Waals surface area contributed by atoms with Gasteiger partial charge < -0.3 is 9.84 Å². The summed E-state index contributed by atoms with van der Waals surface area (Å²) in [6, 6.07) is 0.0921. The lowest BCUT2D eigenvalue weighted by Gasteiger charge is -2.22. The van der Waals surface area contributed by atoms with Gasteiger partial charge in [0.1, 0.15) is 6.10 Å². The molecule has 0 saturated carbocycles. The highest BCUT2D eigenvalue weighted by molar-refractivity contribution is 5.82. The van der Waals surface area contributed by atoms with Crippen molar-refractivity contribution in [1.29, 1.82) is 0 Å². The van der Waals surface area contributed by atoms with Gasteiger partial charge in [-0.3, -0.25) is 4.90 Å². The van der Waals surface area contributed by atoms with Crippen LogP contribution in [0.2, 0.25) is 0 Å². The zero-order chi connectivity index (χ0) is 12.4. The summed E-state index contributed by atoms with van der Waals surface area (Å²) in [5.74, 6) is -0.277. The summed E-state index contributed by atoms with van der Waals surface area (Å²) < 4.78 is 5.46. The summed E-state index contributed by atoms with van der Waals surface area (Å²) in [7, 11) is 0. The van der Waals surface area contributed by atoms with Gasteiger partial charge in [-0.15, -0.1) is 0 Å². The summed E-state index contributed by atoms with van der Waals surface area (Å²) in [5.41, 5.74) is 1.92. The third-order valence-corrected chi connectivity index (χ3v) is 3.27. The summed E-state index contributed by atoms with van der Waals surface area (Å²) in [4.78, 5) is 13.8. The second-order valence-corrected chi connectivity index (χ2v) is 4.86. The smallest absolute Gasteiger partial charge is 0.331 e. The molecule has 0 spiro atoms. The third kappa shape index (κ3) is 2.58. The number of hydrogen-bond acceptors (Lipinski definition) is 4. The average molecular weight is 237 g/mol. The minimum absolute atomic E-state index is 0.0534. The molecule has 2 rings (SSSR count). The van der Waals surface area contributed by atoms with Crippen LogP contribution in [0, 0.1) is 0 Å². The molecule has 4 nitrogen and oxygen atoms in total. The highest BCUT2D eigenvalue weighted by Gasteiger charge is 2.40. The van der Waals surface area contributed by atoms with Crippen molar-refractivity contribution in [2.45, 2.75) is 32.4 Å². The fraction of sp³-hybridized carbons (Fsp3) is 0.615. The zero-order valence-electron chi connectivity index (χ0n) is 10.3. The van der Waals surface area contributed by atoms with Crippen LogP contribution >= 0.6 is 0 Å². The maximum atomic E-state index is 11.6. The Morgan fingerprint density at radius 1 is 1.65 bits per heavy atom. The second kappa shape index (κ2) is 5.02. The molecule has 0 unspecified atom stereocenters. The van der Waals surface area contributed by atoms with Crippen LogP contribution in [0.4, 0.5) is 0 Å². The van der Waals surface area contributed by atoms with Crippen LogP contribution in [-0.2, 0) is 9.53 Å². The molecule has 4 heteroatoms. The van der Waals surface area contributed by atoms with Crippen molar-refractivity contribution in [3.8, 4) is 0 Å². The molecule has 1 saturated heterocycles. The average Bonchev–Trinajstić information content (AvgIpc) is 2.79. The van der Waals surface area contributed by atoms with E-state index < -0.39 is 0 Å². The molecule has 0 amide bonds. The quantitative estimate of drug-likeness (QED) is 0.449. The van der Waals surface area contributed by atoms with Crippen molar-refractivity contribution in [1.82, 2.24) is 4.90 Å². The summed E-state index contributed by atoms with van der Waals surface area (Å²) >= 11 is 0. The van der Waals surface area contributed by atoms with E-state index >= 15 is 0 Å². The number of esters is 1. The molecule has 2 aliphatic heterocycles. The van der Waals surface area contributed by atoms with Crippen LogP contribution in [0.1, 0.15) is 20.3 Å². The van der Waals surface area contributed by atoms with Crippen molar-refractivity contribution < 1.29 is 14.6 Å². The van der Waals surface area contributed by atoms with E-state index in [1.54, 1.807) is 0 Å². The molecule has 17 heavy (non-hydrogen) atoms. The van der Waals surface area contributed by atoms with Crippen LogP contribution in [0.15, 0.2) is 23.3 Å². The Bertz CT molecular complexity index is 369. The summed E-state index contributed by atoms with van der Waals surface area (Å²) in [6.45, 7) is 5.58. The third-order valence-electron chi connectivity index (χ3n) is 3.27. The SMILES string of the molecule is CC(C)=CC(=O)O[C@H]1CCN2CC=C(CO)[C@H]12. The highest BCUT2D eigenvalue weighted by Crippen LogP contribution is 2.30. The highest BCUT2D eigenvalue weighted by atomic mass is 16.5. The van der Waals surface area contributed by atoms with E-state index in [0.717, 1.165) is 30.7 Å². The molecule has 0 bridgehead atoms. The molecule has 0 aromatic carbocycles. The molecule has 1 fully saturated rings. The second-order valence-electron chi connectivity index (χ2n) is 4.86. The number of carbonyl (C=O) groups excluding carboxylic acids is 1. The first-order valence-electron chi connectivity index (χ1n) is 6.01. The molecule has 1 N–H and O–H groups in total. The number of aliphatic hydroxyl groups excluding tert-OH is 1. The van der Waals surface area contributed by atoms with Gasteiger partial charge in [0.2, 0.25) is 0 Å². The fourth-order valence-corrected chi connectivity index (χ4v) is 2.56. The number of hydrogen-bond donors (Lipinski definition) is 1. The van der Waals surface area contributed by atoms with Gasteiger partial charge >= 0.3 is 5.97 Å². The molecule has 0 aliphatic carbocycles. The lowest BCUT2D eigenvalue weighted by molar-refractivity contribution is -0.143. The number of fused-ring (bicyclic) bond motifs is 1. The molecule has 2 atom stereocenters. The van der Waals surface area contributed by atoms with Crippen LogP contribution < -0.4 is 0 Å². The molecule has 2 aliphatic rings. The molecule has 0 aromatic heterocycles. The number of carbonyl (C=O) groups is 1. The molecular weight excluding hydrogens is 218 g/mol. The Kier molecular flexibility index (Phi) is 3.64. The van der Waals surface area contributed by atoms with Gasteiger partial charge in [0, 0.05) is 19.2 Å². The van der Waals surface area contributed by atoms with Crippen molar-refractivity contribution in [3.63, 3.8) is 0 Å². The summed E-state index contributed by atoms with van der Waals surface area (Å²) in [6.07, 6.45) is 4.29. The lowest BCUT2D eigenvalue weighted by Crippen LogP contribution is -2.35. The number of rotatable bonds is 3. The first-order chi connectivity index (χ1) is 8.11. The van der Waals surface area contributed by atoms with Gasteiger partial charge in [-0.1, -0.05) is 11.6 Å².